The smallest absolute Gasteiger partial charge is 0.262 e. The first kappa shape index (κ1) is 16.9. The van der Waals surface area contributed by atoms with Crippen LogP contribution >= 0.6 is 0 Å². The quantitative estimate of drug-likeness (QED) is 0.555. The van der Waals surface area contributed by atoms with Gasteiger partial charge in [0.15, 0.2) is 17.7 Å². The van der Waals surface area contributed by atoms with E-state index >= 15 is 0 Å². The van der Waals surface area contributed by atoms with Crippen molar-refractivity contribution >= 4 is 22.9 Å². The molecule has 7 nitrogen and oxygen atoms in total. The Balaban J connectivity index is 1.51. The molecule has 0 radical (unpaired) electrons. The average molecular weight is 398 g/mol. The summed E-state index contributed by atoms with van der Waals surface area (Å²) in [6, 6.07) is 18.9. The van der Waals surface area contributed by atoms with E-state index in [2.05, 4.69) is 5.32 Å². The van der Waals surface area contributed by atoms with Crippen LogP contribution < -0.4 is 19.7 Å². The fourth-order valence-corrected chi connectivity index (χ4v) is 3.99. The van der Waals surface area contributed by atoms with Crippen molar-refractivity contribution in [1.82, 2.24) is 9.38 Å². The number of aromatic nitrogens is 2. The average Bonchev–Trinajstić information content (AvgIpc) is 3.23. The molecule has 0 aliphatic carbocycles. The van der Waals surface area contributed by atoms with Crippen molar-refractivity contribution in [2.24, 2.45) is 0 Å². The van der Waals surface area contributed by atoms with Crippen molar-refractivity contribution in [1.29, 1.82) is 0 Å². The highest BCUT2D eigenvalue weighted by atomic mass is 16.6. The molecular formula is C23H18N4O3. The van der Waals surface area contributed by atoms with E-state index in [9.17, 15) is 4.79 Å². The summed E-state index contributed by atoms with van der Waals surface area (Å²) in [6.07, 6.45) is 3.42. The number of imidazole rings is 1. The molecule has 6 rings (SSSR count). The third kappa shape index (κ3) is 2.59. The molecule has 2 aliphatic heterocycles. The Labute approximate surface area is 172 Å². The highest BCUT2D eigenvalue weighted by Gasteiger charge is 2.36. The van der Waals surface area contributed by atoms with Crippen molar-refractivity contribution in [3.8, 4) is 11.5 Å². The summed E-state index contributed by atoms with van der Waals surface area (Å²) in [5, 5.41) is 3.49. The van der Waals surface area contributed by atoms with Crippen LogP contribution in [0.3, 0.4) is 0 Å². The lowest BCUT2D eigenvalue weighted by Crippen LogP contribution is -2.43. The van der Waals surface area contributed by atoms with E-state index < -0.39 is 6.17 Å². The van der Waals surface area contributed by atoms with Crippen molar-refractivity contribution in [3.05, 3.63) is 84.3 Å². The summed E-state index contributed by atoms with van der Waals surface area (Å²) < 4.78 is 13.3. The van der Waals surface area contributed by atoms with Gasteiger partial charge in [0.25, 0.3) is 5.91 Å². The number of nitrogens with zero attached hydrogens (tertiary/aromatic N) is 3. The molecular weight excluding hydrogens is 380 g/mol. The number of rotatable bonds is 2. The normalized spacial score (nSPS) is 17.5. The SMILES string of the molecule is O=C1c2ccccc2N[C@@H](c2cn3ccccc3n2)N1c1ccc2c(c1)OCCO2. The monoisotopic (exact) mass is 398 g/mol. The minimum Gasteiger partial charge on any atom is -0.486 e. The Morgan fingerprint density at radius 2 is 1.80 bits per heavy atom. The lowest BCUT2D eigenvalue weighted by molar-refractivity contribution is 0.0974. The molecule has 4 aromatic rings. The number of para-hydroxylation sites is 1. The molecule has 2 aliphatic rings. The van der Waals surface area contributed by atoms with Crippen LogP contribution in [0, 0.1) is 0 Å². The zero-order valence-corrected chi connectivity index (χ0v) is 16.0. The molecule has 2 aromatic heterocycles. The van der Waals surface area contributed by atoms with Gasteiger partial charge < -0.3 is 19.2 Å². The first-order valence-electron chi connectivity index (χ1n) is 9.80. The number of hydrogen-bond donors (Lipinski definition) is 1. The number of carbonyl (C=O) groups is 1. The summed E-state index contributed by atoms with van der Waals surface area (Å²) in [7, 11) is 0. The number of pyridine rings is 1. The molecule has 1 N–H and O–H groups in total. The van der Waals surface area contributed by atoms with Gasteiger partial charge in [0, 0.05) is 24.1 Å². The van der Waals surface area contributed by atoms with Crippen LogP contribution in [0.15, 0.2) is 73.1 Å². The van der Waals surface area contributed by atoms with Gasteiger partial charge in [-0.2, -0.15) is 0 Å². The van der Waals surface area contributed by atoms with Crippen LogP contribution in [0.2, 0.25) is 0 Å². The summed E-state index contributed by atoms with van der Waals surface area (Å²) in [6.45, 7) is 1.01. The standard InChI is InChI=1S/C23H18N4O3/c28-23-16-5-1-2-6-17(16)25-22(18-14-26-10-4-3-7-21(26)24-18)27(23)15-8-9-19-20(13-15)30-12-11-29-19/h1-10,13-14,22,25H,11-12H2/t22-/m1/s1. The van der Waals surface area contributed by atoms with Gasteiger partial charge in [-0.3, -0.25) is 9.69 Å². The van der Waals surface area contributed by atoms with Gasteiger partial charge in [-0.1, -0.05) is 18.2 Å². The summed E-state index contributed by atoms with van der Waals surface area (Å²) in [5.74, 6) is 1.23. The predicted octanol–water partition coefficient (Wildman–Crippen LogP) is 3.88. The van der Waals surface area contributed by atoms with Gasteiger partial charge in [0.05, 0.1) is 11.3 Å². The molecule has 7 heteroatoms. The third-order valence-corrected chi connectivity index (χ3v) is 5.39. The fourth-order valence-electron chi connectivity index (χ4n) is 3.99. The number of nitrogens with one attached hydrogen (secondary N) is 1. The highest BCUT2D eigenvalue weighted by Crippen LogP contribution is 2.40. The van der Waals surface area contributed by atoms with E-state index in [0.29, 0.717) is 36.0 Å². The van der Waals surface area contributed by atoms with Crippen LogP contribution in [0.25, 0.3) is 5.65 Å². The Hall–Kier alpha value is -4.00. The maximum Gasteiger partial charge on any atom is 0.262 e. The maximum atomic E-state index is 13.6. The predicted molar refractivity (Wildman–Crippen MR) is 112 cm³/mol. The van der Waals surface area contributed by atoms with E-state index in [-0.39, 0.29) is 5.91 Å². The lowest BCUT2D eigenvalue weighted by atomic mass is 10.1. The molecule has 0 unspecified atom stereocenters. The van der Waals surface area contributed by atoms with Crippen LogP contribution in [0.4, 0.5) is 11.4 Å². The number of carbonyl (C=O) groups excluding carboxylic acids is 1. The molecule has 2 aromatic carbocycles. The second kappa shape index (κ2) is 6.52. The lowest BCUT2D eigenvalue weighted by Gasteiger charge is -2.37. The number of fused-ring (bicyclic) bond motifs is 3. The second-order valence-corrected chi connectivity index (χ2v) is 7.23. The van der Waals surface area contributed by atoms with E-state index in [1.165, 1.54) is 0 Å². The third-order valence-electron chi connectivity index (χ3n) is 5.39. The molecule has 0 fully saturated rings. The summed E-state index contributed by atoms with van der Waals surface area (Å²) >= 11 is 0. The van der Waals surface area contributed by atoms with E-state index in [0.717, 1.165) is 17.0 Å². The van der Waals surface area contributed by atoms with E-state index in [1.54, 1.807) is 4.90 Å². The Morgan fingerprint density at radius 3 is 2.70 bits per heavy atom. The largest absolute Gasteiger partial charge is 0.486 e. The van der Waals surface area contributed by atoms with Crippen molar-refractivity contribution < 1.29 is 14.3 Å². The minimum atomic E-state index is -0.463. The fraction of sp³-hybridized carbons (Fsp3) is 0.130. The zero-order valence-electron chi connectivity index (χ0n) is 16.0. The number of anilines is 2. The van der Waals surface area contributed by atoms with Crippen LogP contribution in [-0.4, -0.2) is 28.5 Å². The van der Waals surface area contributed by atoms with E-state index in [1.807, 2.05) is 77.5 Å². The number of amides is 1. The number of ether oxygens (including phenoxy) is 2. The molecule has 0 saturated heterocycles. The molecule has 148 valence electrons. The number of hydrogen-bond acceptors (Lipinski definition) is 5. The summed E-state index contributed by atoms with van der Waals surface area (Å²) in [4.78, 5) is 20.0. The van der Waals surface area contributed by atoms with Crippen molar-refractivity contribution in [3.63, 3.8) is 0 Å². The first-order valence-corrected chi connectivity index (χ1v) is 9.80. The van der Waals surface area contributed by atoms with E-state index in [4.69, 9.17) is 14.5 Å². The van der Waals surface area contributed by atoms with Crippen LogP contribution in [0.5, 0.6) is 11.5 Å². The first-order chi connectivity index (χ1) is 14.8. The van der Waals surface area contributed by atoms with Gasteiger partial charge in [-0.15, -0.1) is 0 Å². The van der Waals surface area contributed by atoms with Gasteiger partial charge >= 0.3 is 0 Å². The molecule has 4 heterocycles. The molecule has 1 atom stereocenters. The molecule has 0 bridgehead atoms. The second-order valence-electron chi connectivity index (χ2n) is 7.23. The molecule has 30 heavy (non-hydrogen) atoms. The van der Waals surface area contributed by atoms with Crippen LogP contribution in [0.1, 0.15) is 22.2 Å². The zero-order chi connectivity index (χ0) is 20.1. The Bertz CT molecular complexity index is 1250. The van der Waals surface area contributed by atoms with Gasteiger partial charge in [0.2, 0.25) is 0 Å². The topological polar surface area (TPSA) is 68.1 Å². The van der Waals surface area contributed by atoms with Crippen molar-refractivity contribution in [2.75, 3.05) is 23.4 Å². The maximum absolute atomic E-state index is 13.6. The molecule has 1 amide bonds. The minimum absolute atomic E-state index is 0.0944. The molecule has 0 saturated carbocycles. The van der Waals surface area contributed by atoms with Gasteiger partial charge in [-0.05, 0) is 36.4 Å². The molecule has 0 spiro atoms. The van der Waals surface area contributed by atoms with Gasteiger partial charge in [0.1, 0.15) is 24.6 Å². The highest BCUT2D eigenvalue weighted by molar-refractivity contribution is 6.12. The Kier molecular flexibility index (Phi) is 3.67. The van der Waals surface area contributed by atoms with Crippen LogP contribution in [-0.2, 0) is 0 Å². The van der Waals surface area contributed by atoms with Gasteiger partial charge in [-0.25, -0.2) is 4.98 Å². The summed E-state index contributed by atoms with van der Waals surface area (Å²) in [5.41, 5.74) is 3.70. The Morgan fingerprint density at radius 1 is 0.967 bits per heavy atom. The number of benzene rings is 2. The van der Waals surface area contributed by atoms with Crippen molar-refractivity contribution in [2.45, 2.75) is 6.17 Å².